The minimum atomic E-state index is -0.641. The van der Waals surface area contributed by atoms with Gasteiger partial charge in [0.15, 0.2) is 0 Å². The van der Waals surface area contributed by atoms with E-state index >= 15 is 0 Å². The van der Waals surface area contributed by atoms with Crippen molar-refractivity contribution in [2.24, 2.45) is 23.7 Å². The molecule has 4 unspecified atom stereocenters. The maximum absolute atomic E-state index is 11.6. The molecule has 0 spiro atoms. The summed E-state index contributed by atoms with van der Waals surface area (Å²) in [7, 11) is 0. The number of fused-ring (bicyclic) bond motifs is 3. The molecule has 1 saturated carbocycles. The van der Waals surface area contributed by atoms with E-state index in [2.05, 4.69) is 10.6 Å². The zero-order valence-electron chi connectivity index (χ0n) is 8.36. The molecule has 4 amide bonds. The standard InChI is InChI=1S/C10H10N2O4/c13-7-3-1-2-4-6(5(3)9(15)11-7)10(16)12-8(4)14/h3-6H,1-2H2,(H,11,13,15)(H,12,14,16). The lowest BCUT2D eigenvalue weighted by molar-refractivity contribution is -0.134. The predicted molar refractivity (Wildman–Crippen MR) is 49.5 cm³/mol. The Morgan fingerprint density at radius 1 is 0.688 bits per heavy atom. The molecular weight excluding hydrogens is 212 g/mol. The predicted octanol–water partition coefficient (Wildman–Crippen LogP) is -1.44. The molecule has 2 aliphatic heterocycles. The van der Waals surface area contributed by atoms with Gasteiger partial charge in [0.2, 0.25) is 23.6 Å². The van der Waals surface area contributed by atoms with Crippen LogP contribution in [0.15, 0.2) is 0 Å². The van der Waals surface area contributed by atoms with Gasteiger partial charge >= 0.3 is 0 Å². The van der Waals surface area contributed by atoms with Crippen LogP contribution in [0.5, 0.6) is 0 Å². The Labute approximate surface area is 90.8 Å². The maximum Gasteiger partial charge on any atom is 0.231 e. The van der Waals surface area contributed by atoms with E-state index in [4.69, 9.17) is 0 Å². The van der Waals surface area contributed by atoms with E-state index in [1.165, 1.54) is 0 Å². The van der Waals surface area contributed by atoms with Crippen molar-refractivity contribution in [3.05, 3.63) is 0 Å². The number of carbonyl (C=O) groups is 4. The van der Waals surface area contributed by atoms with Gasteiger partial charge in [-0.2, -0.15) is 0 Å². The van der Waals surface area contributed by atoms with E-state index < -0.39 is 35.5 Å². The molecule has 1 aliphatic carbocycles. The van der Waals surface area contributed by atoms with Gasteiger partial charge in [-0.1, -0.05) is 0 Å². The van der Waals surface area contributed by atoms with Crippen LogP contribution in [-0.2, 0) is 19.2 Å². The number of rotatable bonds is 0. The zero-order chi connectivity index (χ0) is 11.4. The molecule has 2 saturated heterocycles. The summed E-state index contributed by atoms with van der Waals surface area (Å²) in [5, 5.41) is 4.48. The summed E-state index contributed by atoms with van der Waals surface area (Å²) in [6.07, 6.45) is 1.01. The van der Waals surface area contributed by atoms with Crippen molar-refractivity contribution in [2.75, 3.05) is 0 Å². The average Bonchev–Trinajstić information content (AvgIpc) is 2.67. The maximum atomic E-state index is 11.6. The van der Waals surface area contributed by atoms with Crippen molar-refractivity contribution in [1.29, 1.82) is 0 Å². The third-order valence-electron chi connectivity index (χ3n) is 3.81. The van der Waals surface area contributed by atoms with Crippen LogP contribution >= 0.6 is 0 Å². The summed E-state index contributed by atoms with van der Waals surface area (Å²) in [5.41, 5.74) is 0. The van der Waals surface area contributed by atoms with E-state index in [9.17, 15) is 19.2 Å². The van der Waals surface area contributed by atoms with Crippen LogP contribution in [0.2, 0.25) is 0 Å². The summed E-state index contributed by atoms with van der Waals surface area (Å²) in [6, 6.07) is 0. The molecule has 3 fully saturated rings. The molecule has 0 radical (unpaired) electrons. The van der Waals surface area contributed by atoms with E-state index in [0.717, 1.165) is 0 Å². The molecule has 4 atom stereocenters. The van der Waals surface area contributed by atoms with Gasteiger partial charge in [0, 0.05) is 0 Å². The van der Waals surface area contributed by atoms with E-state index in [1.54, 1.807) is 0 Å². The number of nitrogens with one attached hydrogen (secondary N) is 2. The summed E-state index contributed by atoms with van der Waals surface area (Å²) >= 11 is 0. The Bertz CT molecular complexity index is 391. The van der Waals surface area contributed by atoms with Gasteiger partial charge in [-0.3, -0.25) is 29.8 Å². The van der Waals surface area contributed by atoms with Crippen molar-refractivity contribution in [2.45, 2.75) is 12.8 Å². The fourth-order valence-corrected chi connectivity index (χ4v) is 3.09. The van der Waals surface area contributed by atoms with Crippen molar-refractivity contribution in [3.8, 4) is 0 Å². The van der Waals surface area contributed by atoms with Crippen LogP contribution in [0, 0.1) is 23.7 Å². The first kappa shape index (κ1) is 9.50. The molecule has 0 bridgehead atoms. The molecule has 16 heavy (non-hydrogen) atoms. The van der Waals surface area contributed by atoms with Gasteiger partial charge in [0.25, 0.3) is 0 Å². The molecule has 3 rings (SSSR count). The topological polar surface area (TPSA) is 92.3 Å². The quantitative estimate of drug-likeness (QED) is 0.491. The van der Waals surface area contributed by atoms with Gasteiger partial charge in [-0.15, -0.1) is 0 Å². The molecule has 6 heteroatoms. The fraction of sp³-hybridized carbons (Fsp3) is 0.600. The fourth-order valence-electron chi connectivity index (χ4n) is 3.09. The van der Waals surface area contributed by atoms with Gasteiger partial charge in [0.1, 0.15) is 0 Å². The summed E-state index contributed by atoms with van der Waals surface area (Å²) < 4.78 is 0. The lowest BCUT2D eigenvalue weighted by atomic mass is 9.68. The van der Waals surface area contributed by atoms with Crippen molar-refractivity contribution >= 4 is 23.6 Å². The van der Waals surface area contributed by atoms with Gasteiger partial charge < -0.3 is 0 Å². The Kier molecular flexibility index (Phi) is 1.72. The summed E-state index contributed by atoms with van der Waals surface area (Å²) in [4.78, 5) is 46.1. The molecule has 84 valence electrons. The molecule has 0 aromatic heterocycles. The molecule has 3 aliphatic rings. The summed E-state index contributed by atoms with van der Waals surface area (Å²) in [6.45, 7) is 0. The SMILES string of the molecule is O=C1NC(=O)C2C1CCC1C(=O)NC(=O)C12. The van der Waals surface area contributed by atoms with E-state index in [-0.39, 0.29) is 11.8 Å². The van der Waals surface area contributed by atoms with Crippen LogP contribution in [0.3, 0.4) is 0 Å². The minimum absolute atomic E-state index is 0.305. The van der Waals surface area contributed by atoms with Crippen molar-refractivity contribution in [1.82, 2.24) is 10.6 Å². The van der Waals surface area contributed by atoms with Crippen LogP contribution in [0.4, 0.5) is 0 Å². The Morgan fingerprint density at radius 2 is 1.06 bits per heavy atom. The zero-order valence-corrected chi connectivity index (χ0v) is 8.36. The molecule has 0 aromatic rings. The number of hydrogen-bond donors (Lipinski definition) is 2. The second-order valence-corrected chi connectivity index (χ2v) is 4.55. The van der Waals surface area contributed by atoms with Crippen LogP contribution in [0.1, 0.15) is 12.8 Å². The first-order chi connectivity index (χ1) is 7.59. The van der Waals surface area contributed by atoms with E-state index in [1.807, 2.05) is 0 Å². The Morgan fingerprint density at radius 3 is 1.44 bits per heavy atom. The minimum Gasteiger partial charge on any atom is -0.296 e. The van der Waals surface area contributed by atoms with Crippen molar-refractivity contribution in [3.63, 3.8) is 0 Å². The lowest BCUT2D eigenvalue weighted by Gasteiger charge is -2.29. The first-order valence-corrected chi connectivity index (χ1v) is 5.29. The highest BCUT2D eigenvalue weighted by Crippen LogP contribution is 2.44. The number of carbonyl (C=O) groups excluding carboxylic acids is 4. The van der Waals surface area contributed by atoms with Gasteiger partial charge in [0.05, 0.1) is 23.7 Å². The van der Waals surface area contributed by atoms with Crippen LogP contribution < -0.4 is 10.6 Å². The molecule has 6 nitrogen and oxygen atoms in total. The number of hydrogen-bond acceptors (Lipinski definition) is 4. The average molecular weight is 222 g/mol. The third-order valence-corrected chi connectivity index (χ3v) is 3.81. The number of imide groups is 2. The first-order valence-electron chi connectivity index (χ1n) is 5.29. The molecule has 0 aromatic carbocycles. The second kappa shape index (κ2) is 2.90. The monoisotopic (exact) mass is 222 g/mol. The second-order valence-electron chi connectivity index (χ2n) is 4.55. The van der Waals surface area contributed by atoms with Crippen LogP contribution in [0.25, 0.3) is 0 Å². The Hall–Kier alpha value is -1.72. The lowest BCUT2D eigenvalue weighted by Crippen LogP contribution is -2.38. The van der Waals surface area contributed by atoms with E-state index in [0.29, 0.717) is 12.8 Å². The highest BCUT2D eigenvalue weighted by atomic mass is 16.2. The van der Waals surface area contributed by atoms with Gasteiger partial charge in [-0.05, 0) is 12.8 Å². The third kappa shape index (κ3) is 1.01. The Balaban J connectivity index is 2.01. The van der Waals surface area contributed by atoms with Gasteiger partial charge in [-0.25, -0.2) is 0 Å². The largest absolute Gasteiger partial charge is 0.296 e. The normalized spacial score (nSPS) is 41.5. The highest BCUT2D eigenvalue weighted by molar-refractivity contribution is 6.12. The summed E-state index contributed by atoms with van der Waals surface area (Å²) in [5.74, 6) is -3.56. The molecular formula is C10H10N2O4. The highest BCUT2D eigenvalue weighted by Gasteiger charge is 2.58. The number of amides is 4. The van der Waals surface area contributed by atoms with Crippen molar-refractivity contribution < 1.29 is 19.2 Å². The van der Waals surface area contributed by atoms with Crippen LogP contribution in [-0.4, -0.2) is 23.6 Å². The molecule has 2 N–H and O–H groups in total. The molecule has 2 heterocycles. The smallest absolute Gasteiger partial charge is 0.231 e.